The van der Waals surface area contributed by atoms with E-state index in [1.54, 1.807) is 0 Å². The number of carbonyl (C=O) groups is 2. The SMILES string of the molecule is COC(=O)C(N)CSCC(=O)N1CCCc2ccccc21. The van der Waals surface area contributed by atoms with Crippen LogP contribution in [0.15, 0.2) is 24.3 Å². The first-order valence-corrected chi connectivity index (χ1v) is 8.08. The molecule has 114 valence electrons. The quantitative estimate of drug-likeness (QED) is 0.828. The van der Waals surface area contributed by atoms with Gasteiger partial charge in [0.15, 0.2) is 0 Å². The predicted molar refractivity (Wildman–Crippen MR) is 84.4 cm³/mol. The summed E-state index contributed by atoms with van der Waals surface area (Å²) in [6, 6.07) is 7.31. The lowest BCUT2D eigenvalue weighted by Crippen LogP contribution is -2.38. The van der Waals surface area contributed by atoms with Gasteiger partial charge in [-0.1, -0.05) is 18.2 Å². The van der Waals surface area contributed by atoms with Gasteiger partial charge in [0, 0.05) is 18.0 Å². The van der Waals surface area contributed by atoms with Crippen LogP contribution in [0, 0.1) is 0 Å². The van der Waals surface area contributed by atoms with Crippen LogP contribution < -0.4 is 10.6 Å². The Bertz CT molecular complexity index is 521. The van der Waals surface area contributed by atoms with Crippen molar-refractivity contribution in [3.63, 3.8) is 0 Å². The summed E-state index contributed by atoms with van der Waals surface area (Å²) in [4.78, 5) is 25.4. The third-order valence-electron chi connectivity index (χ3n) is 3.44. The van der Waals surface area contributed by atoms with Gasteiger partial charge in [-0.05, 0) is 24.5 Å². The molecule has 1 aliphatic heterocycles. The molecule has 1 aromatic carbocycles. The number of ether oxygens (including phenoxy) is 1. The minimum Gasteiger partial charge on any atom is -0.468 e. The molecule has 0 aliphatic carbocycles. The number of anilines is 1. The number of carbonyl (C=O) groups excluding carboxylic acids is 2. The number of methoxy groups -OCH3 is 1. The third kappa shape index (κ3) is 3.98. The topological polar surface area (TPSA) is 72.6 Å². The van der Waals surface area contributed by atoms with Crippen molar-refractivity contribution in [2.45, 2.75) is 18.9 Å². The first-order valence-electron chi connectivity index (χ1n) is 6.93. The van der Waals surface area contributed by atoms with Crippen molar-refractivity contribution in [1.29, 1.82) is 0 Å². The van der Waals surface area contributed by atoms with Crippen LogP contribution in [0.1, 0.15) is 12.0 Å². The largest absolute Gasteiger partial charge is 0.468 e. The zero-order valence-electron chi connectivity index (χ0n) is 12.1. The lowest BCUT2D eigenvalue weighted by atomic mass is 10.0. The zero-order valence-corrected chi connectivity index (χ0v) is 12.9. The molecule has 0 aromatic heterocycles. The standard InChI is InChI=1S/C15H20N2O3S/c1-20-15(19)12(16)9-21-10-14(18)17-8-4-6-11-5-2-3-7-13(11)17/h2-3,5,7,12H,4,6,8-10,16H2,1H3. The minimum atomic E-state index is -0.679. The van der Waals surface area contributed by atoms with Gasteiger partial charge in [-0.15, -0.1) is 11.8 Å². The van der Waals surface area contributed by atoms with Gasteiger partial charge in [0.2, 0.25) is 5.91 Å². The van der Waals surface area contributed by atoms with Gasteiger partial charge in [0.05, 0.1) is 12.9 Å². The highest BCUT2D eigenvalue weighted by Gasteiger charge is 2.22. The molecule has 0 spiro atoms. The molecule has 1 aromatic rings. The smallest absolute Gasteiger partial charge is 0.323 e. The Kier molecular flexibility index (Phi) is 5.64. The Morgan fingerprint density at radius 2 is 2.19 bits per heavy atom. The monoisotopic (exact) mass is 308 g/mol. The number of nitrogens with zero attached hydrogens (tertiary/aromatic N) is 1. The number of benzene rings is 1. The summed E-state index contributed by atoms with van der Waals surface area (Å²) in [5.41, 5.74) is 7.87. The summed E-state index contributed by atoms with van der Waals surface area (Å²) < 4.78 is 4.56. The molecule has 0 fully saturated rings. The number of amides is 1. The van der Waals surface area contributed by atoms with E-state index >= 15 is 0 Å². The van der Waals surface area contributed by atoms with E-state index in [1.807, 2.05) is 23.1 Å². The van der Waals surface area contributed by atoms with E-state index in [1.165, 1.54) is 24.4 Å². The molecule has 0 bridgehead atoms. The van der Waals surface area contributed by atoms with Gasteiger partial charge in [-0.3, -0.25) is 9.59 Å². The average Bonchev–Trinajstić information content (AvgIpc) is 2.53. The van der Waals surface area contributed by atoms with Crippen LogP contribution in [-0.2, 0) is 20.7 Å². The van der Waals surface area contributed by atoms with E-state index in [4.69, 9.17) is 5.73 Å². The fourth-order valence-electron chi connectivity index (χ4n) is 2.36. The van der Waals surface area contributed by atoms with E-state index in [9.17, 15) is 9.59 Å². The fourth-order valence-corrected chi connectivity index (χ4v) is 3.20. The predicted octanol–water partition coefficient (Wildman–Crippen LogP) is 1.20. The Morgan fingerprint density at radius 3 is 2.95 bits per heavy atom. The Balaban J connectivity index is 1.89. The second-order valence-electron chi connectivity index (χ2n) is 4.92. The van der Waals surface area contributed by atoms with Crippen LogP contribution in [0.2, 0.25) is 0 Å². The van der Waals surface area contributed by atoms with Gasteiger partial charge in [0.25, 0.3) is 0 Å². The Morgan fingerprint density at radius 1 is 1.43 bits per heavy atom. The van der Waals surface area contributed by atoms with Crippen molar-refractivity contribution in [3.8, 4) is 0 Å². The highest BCUT2D eigenvalue weighted by atomic mass is 32.2. The average molecular weight is 308 g/mol. The van der Waals surface area contributed by atoms with Gasteiger partial charge in [0.1, 0.15) is 6.04 Å². The van der Waals surface area contributed by atoms with Gasteiger partial charge < -0.3 is 15.4 Å². The highest BCUT2D eigenvalue weighted by Crippen LogP contribution is 2.27. The molecule has 1 aliphatic rings. The number of hydrogen-bond acceptors (Lipinski definition) is 5. The molecule has 2 rings (SSSR count). The Hall–Kier alpha value is -1.53. The number of rotatable bonds is 5. The van der Waals surface area contributed by atoms with Crippen LogP contribution in [0.5, 0.6) is 0 Å². The summed E-state index contributed by atoms with van der Waals surface area (Å²) in [5.74, 6) is 0.315. The molecule has 5 nitrogen and oxygen atoms in total. The molecule has 21 heavy (non-hydrogen) atoms. The number of aryl methyl sites for hydroxylation is 1. The first-order chi connectivity index (χ1) is 10.1. The molecule has 0 saturated carbocycles. The molecular formula is C15H20N2O3S. The van der Waals surface area contributed by atoms with E-state index in [0.29, 0.717) is 11.5 Å². The molecule has 2 N–H and O–H groups in total. The van der Waals surface area contributed by atoms with Crippen molar-refractivity contribution in [1.82, 2.24) is 0 Å². The number of thioether (sulfide) groups is 1. The maximum atomic E-state index is 12.3. The molecule has 1 atom stereocenters. The molecular weight excluding hydrogens is 288 g/mol. The van der Waals surface area contributed by atoms with Crippen molar-refractivity contribution < 1.29 is 14.3 Å². The summed E-state index contributed by atoms with van der Waals surface area (Å²) in [6.45, 7) is 0.749. The van der Waals surface area contributed by atoms with Crippen LogP contribution in [-0.4, -0.2) is 43.1 Å². The Labute approximate surface area is 128 Å². The molecule has 1 amide bonds. The third-order valence-corrected chi connectivity index (χ3v) is 4.48. The maximum Gasteiger partial charge on any atom is 0.323 e. The van der Waals surface area contributed by atoms with E-state index in [0.717, 1.165) is 25.1 Å². The minimum absolute atomic E-state index is 0.0595. The lowest BCUT2D eigenvalue weighted by molar-refractivity contribution is -0.141. The first kappa shape index (κ1) is 15.9. The number of hydrogen-bond donors (Lipinski definition) is 1. The lowest BCUT2D eigenvalue weighted by Gasteiger charge is -2.29. The molecule has 6 heteroatoms. The second-order valence-corrected chi connectivity index (χ2v) is 5.95. The van der Waals surface area contributed by atoms with Crippen molar-refractivity contribution >= 4 is 29.3 Å². The molecule has 1 heterocycles. The molecule has 0 saturated heterocycles. The van der Waals surface area contributed by atoms with Crippen LogP contribution >= 0.6 is 11.8 Å². The summed E-state index contributed by atoms with van der Waals surface area (Å²) in [7, 11) is 1.31. The van der Waals surface area contributed by atoms with E-state index in [2.05, 4.69) is 10.8 Å². The van der Waals surface area contributed by atoms with E-state index in [-0.39, 0.29) is 5.91 Å². The van der Waals surface area contributed by atoms with Crippen molar-refractivity contribution in [3.05, 3.63) is 29.8 Å². The second kappa shape index (κ2) is 7.47. The van der Waals surface area contributed by atoms with Crippen LogP contribution in [0.3, 0.4) is 0 Å². The number of nitrogens with two attached hydrogens (primary N) is 1. The van der Waals surface area contributed by atoms with Crippen LogP contribution in [0.4, 0.5) is 5.69 Å². The highest BCUT2D eigenvalue weighted by molar-refractivity contribution is 8.00. The molecule has 0 radical (unpaired) electrons. The van der Waals surface area contributed by atoms with Crippen LogP contribution in [0.25, 0.3) is 0 Å². The normalized spacial score (nSPS) is 15.2. The number of para-hydroxylation sites is 1. The summed E-state index contributed by atoms with van der Waals surface area (Å²) >= 11 is 1.36. The number of fused-ring (bicyclic) bond motifs is 1. The van der Waals surface area contributed by atoms with E-state index < -0.39 is 12.0 Å². The van der Waals surface area contributed by atoms with Gasteiger partial charge in [-0.25, -0.2) is 0 Å². The van der Waals surface area contributed by atoms with Crippen molar-refractivity contribution in [2.24, 2.45) is 5.73 Å². The van der Waals surface area contributed by atoms with Gasteiger partial charge >= 0.3 is 5.97 Å². The maximum absolute atomic E-state index is 12.3. The molecule has 1 unspecified atom stereocenters. The number of esters is 1. The summed E-state index contributed by atoms with van der Waals surface area (Å²) in [6.07, 6.45) is 2.00. The van der Waals surface area contributed by atoms with Crippen molar-refractivity contribution in [2.75, 3.05) is 30.1 Å². The van der Waals surface area contributed by atoms with Gasteiger partial charge in [-0.2, -0.15) is 0 Å². The zero-order chi connectivity index (χ0) is 15.2. The fraction of sp³-hybridized carbons (Fsp3) is 0.467. The summed E-state index contributed by atoms with van der Waals surface area (Å²) in [5, 5.41) is 0.